The summed E-state index contributed by atoms with van der Waals surface area (Å²) in [6.45, 7) is 0. The molecule has 5 rings (SSSR count). The van der Waals surface area contributed by atoms with Gasteiger partial charge in [-0.2, -0.15) is 0 Å². The molecule has 1 nitrogen and oxygen atoms in total. The molecular formula is C26H18ClN. The van der Waals surface area contributed by atoms with E-state index in [4.69, 9.17) is 16.6 Å². The quantitative estimate of drug-likeness (QED) is 0.453. The lowest BCUT2D eigenvalue weighted by molar-refractivity contribution is 1.22. The van der Waals surface area contributed by atoms with Crippen LogP contribution < -0.4 is 0 Å². The second-order valence-corrected chi connectivity index (χ2v) is 7.46. The standard InChI is InChI=1S/C26H18ClN/c27-22-13-11-20(12-14-22)25-17-24(19-7-2-1-3-8-19)23-15-10-18-6-4-5-9-21(16-18)26(23)28-25/h1-15,17H,16H2. The largest absolute Gasteiger partial charge is 0.247 e. The summed E-state index contributed by atoms with van der Waals surface area (Å²) in [5.41, 5.74) is 9.19. The van der Waals surface area contributed by atoms with Crippen molar-refractivity contribution in [1.29, 1.82) is 0 Å². The van der Waals surface area contributed by atoms with Crippen LogP contribution >= 0.6 is 11.6 Å². The molecule has 2 aliphatic rings. The summed E-state index contributed by atoms with van der Waals surface area (Å²) in [7, 11) is 0. The van der Waals surface area contributed by atoms with E-state index >= 15 is 0 Å². The highest BCUT2D eigenvalue weighted by molar-refractivity contribution is 6.30. The average Bonchev–Trinajstić information content (AvgIpc) is 3.08. The fraction of sp³-hybridized carbons (Fsp3) is 0.0385. The Kier molecular flexibility index (Phi) is 4.31. The predicted molar refractivity (Wildman–Crippen MR) is 119 cm³/mol. The highest BCUT2D eigenvalue weighted by atomic mass is 35.5. The molecule has 2 aromatic carbocycles. The second kappa shape index (κ2) is 7.10. The highest BCUT2D eigenvalue weighted by Crippen LogP contribution is 2.38. The van der Waals surface area contributed by atoms with Gasteiger partial charge in [0.15, 0.2) is 0 Å². The first-order valence-electron chi connectivity index (χ1n) is 9.39. The van der Waals surface area contributed by atoms with E-state index in [1.165, 1.54) is 27.8 Å². The van der Waals surface area contributed by atoms with Gasteiger partial charge in [0.25, 0.3) is 0 Å². The van der Waals surface area contributed by atoms with E-state index < -0.39 is 0 Å². The van der Waals surface area contributed by atoms with Crippen LogP contribution in [0.25, 0.3) is 34.0 Å². The molecular weight excluding hydrogens is 362 g/mol. The lowest BCUT2D eigenvalue weighted by atomic mass is 9.93. The molecule has 0 saturated carbocycles. The molecule has 0 atom stereocenters. The van der Waals surface area contributed by atoms with E-state index in [1.807, 2.05) is 24.3 Å². The van der Waals surface area contributed by atoms with E-state index in [0.717, 1.165) is 28.4 Å². The van der Waals surface area contributed by atoms with Gasteiger partial charge in [0.05, 0.1) is 11.4 Å². The van der Waals surface area contributed by atoms with E-state index in [-0.39, 0.29) is 0 Å². The Morgan fingerprint density at radius 1 is 0.786 bits per heavy atom. The van der Waals surface area contributed by atoms with Crippen LogP contribution in [0.15, 0.2) is 96.6 Å². The lowest BCUT2D eigenvalue weighted by Crippen LogP contribution is -1.99. The van der Waals surface area contributed by atoms with Gasteiger partial charge >= 0.3 is 0 Å². The number of allylic oxidation sites excluding steroid dienone is 7. The second-order valence-electron chi connectivity index (χ2n) is 7.02. The number of hydrogen-bond donors (Lipinski definition) is 0. The van der Waals surface area contributed by atoms with E-state index in [9.17, 15) is 0 Å². The first kappa shape index (κ1) is 17.0. The smallest absolute Gasteiger partial charge is 0.0751 e. The predicted octanol–water partition coefficient (Wildman–Crippen LogP) is 7.37. The van der Waals surface area contributed by atoms with Gasteiger partial charge in [0, 0.05) is 16.1 Å². The fourth-order valence-electron chi connectivity index (χ4n) is 3.75. The molecule has 1 aromatic heterocycles. The number of halogens is 1. The third-order valence-electron chi connectivity index (χ3n) is 5.17. The molecule has 0 aliphatic heterocycles. The van der Waals surface area contributed by atoms with Crippen molar-refractivity contribution in [1.82, 2.24) is 4.98 Å². The summed E-state index contributed by atoms with van der Waals surface area (Å²) in [6, 6.07) is 20.6. The monoisotopic (exact) mass is 379 g/mol. The Morgan fingerprint density at radius 2 is 1.57 bits per heavy atom. The van der Waals surface area contributed by atoms with Crippen molar-refractivity contribution < 1.29 is 0 Å². The number of hydrogen-bond acceptors (Lipinski definition) is 1. The zero-order valence-electron chi connectivity index (χ0n) is 15.3. The molecule has 1 heterocycles. The summed E-state index contributed by atoms with van der Waals surface area (Å²) in [5, 5.41) is 0.733. The van der Waals surface area contributed by atoms with Gasteiger partial charge in [-0.15, -0.1) is 0 Å². The van der Waals surface area contributed by atoms with Crippen molar-refractivity contribution in [2.24, 2.45) is 0 Å². The molecule has 0 saturated heterocycles. The van der Waals surface area contributed by atoms with Crippen molar-refractivity contribution >= 4 is 23.3 Å². The molecule has 2 heteroatoms. The number of aromatic nitrogens is 1. The summed E-state index contributed by atoms with van der Waals surface area (Å²) >= 11 is 6.10. The first-order valence-corrected chi connectivity index (χ1v) is 9.77. The lowest BCUT2D eigenvalue weighted by Gasteiger charge is -2.15. The van der Waals surface area contributed by atoms with Gasteiger partial charge in [0.2, 0.25) is 0 Å². The third kappa shape index (κ3) is 3.15. The van der Waals surface area contributed by atoms with Crippen LogP contribution in [-0.2, 0) is 0 Å². The van der Waals surface area contributed by atoms with Gasteiger partial charge in [0.1, 0.15) is 0 Å². The van der Waals surface area contributed by atoms with Crippen LogP contribution in [0.5, 0.6) is 0 Å². The molecule has 0 radical (unpaired) electrons. The van der Waals surface area contributed by atoms with E-state index in [0.29, 0.717) is 0 Å². The Bertz CT molecular complexity index is 1160. The molecule has 28 heavy (non-hydrogen) atoms. The van der Waals surface area contributed by atoms with Crippen molar-refractivity contribution in [3.8, 4) is 22.4 Å². The van der Waals surface area contributed by atoms with Crippen molar-refractivity contribution in [2.45, 2.75) is 6.42 Å². The number of nitrogens with zero attached hydrogens (tertiary/aromatic N) is 1. The van der Waals surface area contributed by atoms with E-state index in [1.54, 1.807) is 0 Å². The molecule has 0 fully saturated rings. The minimum atomic E-state index is 0.733. The zero-order chi connectivity index (χ0) is 18.9. The molecule has 0 N–H and O–H groups in total. The van der Waals surface area contributed by atoms with Crippen LogP contribution in [0.2, 0.25) is 5.02 Å². The highest BCUT2D eigenvalue weighted by Gasteiger charge is 2.19. The van der Waals surface area contributed by atoms with Gasteiger partial charge in [-0.25, -0.2) is 4.98 Å². The minimum Gasteiger partial charge on any atom is -0.247 e. The summed E-state index contributed by atoms with van der Waals surface area (Å²) < 4.78 is 0. The van der Waals surface area contributed by atoms with Crippen molar-refractivity contribution in [2.75, 3.05) is 0 Å². The molecule has 3 aromatic rings. The number of pyridine rings is 1. The van der Waals surface area contributed by atoms with Gasteiger partial charge in [-0.1, -0.05) is 90.5 Å². The SMILES string of the molecule is Clc1ccc(-c2cc(-c3ccccc3)c3c(n2)C2=CC=CC=C(C=C3)C2)cc1. The third-order valence-corrected chi connectivity index (χ3v) is 5.42. The Labute approximate surface area is 170 Å². The number of fused-ring (bicyclic) bond motifs is 4. The van der Waals surface area contributed by atoms with Gasteiger partial charge in [-0.05, 0) is 46.9 Å². The Balaban J connectivity index is 1.80. The van der Waals surface area contributed by atoms with E-state index in [2.05, 4.69) is 72.9 Å². The van der Waals surface area contributed by atoms with Crippen LogP contribution in [-0.4, -0.2) is 4.98 Å². The molecule has 0 amide bonds. The summed E-state index contributed by atoms with van der Waals surface area (Å²) in [6.07, 6.45) is 13.9. The zero-order valence-corrected chi connectivity index (χ0v) is 16.0. The maximum Gasteiger partial charge on any atom is 0.0751 e. The van der Waals surface area contributed by atoms with Crippen LogP contribution in [0, 0.1) is 0 Å². The maximum atomic E-state index is 6.10. The maximum absolute atomic E-state index is 6.10. The van der Waals surface area contributed by atoms with Gasteiger partial charge < -0.3 is 0 Å². The normalized spacial score (nSPS) is 14.6. The molecule has 0 spiro atoms. The minimum absolute atomic E-state index is 0.733. The van der Waals surface area contributed by atoms with Gasteiger partial charge in [-0.3, -0.25) is 0 Å². The van der Waals surface area contributed by atoms with Crippen LogP contribution in [0.3, 0.4) is 0 Å². The van der Waals surface area contributed by atoms with Crippen molar-refractivity contribution in [3.05, 3.63) is 113 Å². The first-order chi connectivity index (χ1) is 13.8. The van der Waals surface area contributed by atoms with Crippen LogP contribution in [0.1, 0.15) is 17.7 Å². The van der Waals surface area contributed by atoms with Crippen molar-refractivity contribution in [3.63, 3.8) is 0 Å². The topological polar surface area (TPSA) is 12.9 Å². The molecule has 0 unspecified atom stereocenters. The number of benzene rings is 2. The molecule has 2 bridgehead atoms. The molecule has 134 valence electrons. The van der Waals surface area contributed by atoms with Crippen LogP contribution in [0.4, 0.5) is 0 Å². The average molecular weight is 380 g/mol. The number of rotatable bonds is 2. The Morgan fingerprint density at radius 3 is 2.39 bits per heavy atom. The fourth-order valence-corrected chi connectivity index (χ4v) is 3.88. The Hall–Kier alpha value is -3.16. The summed E-state index contributed by atoms with van der Waals surface area (Å²) in [4.78, 5) is 5.10. The summed E-state index contributed by atoms with van der Waals surface area (Å²) in [5.74, 6) is 0. The molecule has 2 aliphatic carbocycles.